The number of hydrogen-bond donors (Lipinski definition) is 0. The van der Waals surface area contributed by atoms with Gasteiger partial charge in [-0.2, -0.15) is 4.98 Å². The zero-order valence-electron chi connectivity index (χ0n) is 15.1. The highest BCUT2D eigenvalue weighted by Gasteiger charge is 2.35. The van der Waals surface area contributed by atoms with Crippen LogP contribution in [0.3, 0.4) is 0 Å². The van der Waals surface area contributed by atoms with Crippen LogP contribution in [-0.2, 0) is 4.79 Å². The molecule has 28 heavy (non-hydrogen) atoms. The molecule has 0 unspecified atom stereocenters. The van der Waals surface area contributed by atoms with E-state index in [9.17, 15) is 4.79 Å². The molecule has 0 saturated carbocycles. The van der Waals surface area contributed by atoms with Gasteiger partial charge in [0, 0.05) is 17.1 Å². The SMILES string of the molecule is O=C([C@H](Cl)c1ccccc1)N1CCCC[C@H]1c1nc(-c2cccc(Cl)c2)no1. The van der Waals surface area contributed by atoms with E-state index in [1.807, 2.05) is 42.5 Å². The molecule has 3 aromatic rings. The van der Waals surface area contributed by atoms with Crippen molar-refractivity contribution < 1.29 is 9.32 Å². The second-order valence-electron chi connectivity index (χ2n) is 6.78. The molecule has 1 amide bonds. The Bertz CT molecular complexity index is 961. The molecule has 0 aliphatic carbocycles. The Labute approximate surface area is 173 Å². The highest BCUT2D eigenvalue weighted by atomic mass is 35.5. The molecule has 7 heteroatoms. The molecule has 1 saturated heterocycles. The second-order valence-corrected chi connectivity index (χ2v) is 7.66. The molecule has 0 N–H and O–H groups in total. The molecule has 2 aromatic carbocycles. The summed E-state index contributed by atoms with van der Waals surface area (Å²) in [7, 11) is 0. The van der Waals surface area contributed by atoms with Gasteiger partial charge in [0.25, 0.3) is 0 Å². The van der Waals surface area contributed by atoms with Gasteiger partial charge in [0.2, 0.25) is 17.6 Å². The van der Waals surface area contributed by atoms with Crippen molar-refractivity contribution in [2.75, 3.05) is 6.54 Å². The van der Waals surface area contributed by atoms with Crippen LogP contribution in [0.25, 0.3) is 11.4 Å². The van der Waals surface area contributed by atoms with Gasteiger partial charge in [-0.1, -0.05) is 59.2 Å². The number of carbonyl (C=O) groups excluding carboxylic acids is 1. The molecule has 5 nitrogen and oxygen atoms in total. The molecule has 1 fully saturated rings. The van der Waals surface area contributed by atoms with Crippen LogP contribution in [-0.4, -0.2) is 27.5 Å². The van der Waals surface area contributed by atoms with Crippen LogP contribution in [0.5, 0.6) is 0 Å². The first-order valence-electron chi connectivity index (χ1n) is 9.22. The summed E-state index contributed by atoms with van der Waals surface area (Å²) in [6.45, 7) is 0.619. The minimum absolute atomic E-state index is 0.139. The number of amides is 1. The van der Waals surface area contributed by atoms with Crippen molar-refractivity contribution >= 4 is 29.1 Å². The van der Waals surface area contributed by atoms with Crippen LogP contribution in [0.2, 0.25) is 5.02 Å². The quantitative estimate of drug-likeness (QED) is 0.533. The van der Waals surface area contributed by atoms with Gasteiger partial charge in [-0.15, -0.1) is 11.6 Å². The van der Waals surface area contributed by atoms with E-state index >= 15 is 0 Å². The largest absolute Gasteiger partial charge is 0.337 e. The molecule has 1 aromatic heterocycles. The van der Waals surface area contributed by atoms with E-state index in [-0.39, 0.29) is 11.9 Å². The summed E-state index contributed by atoms with van der Waals surface area (Å²) in [5.74, 6) is 0.751. The number of likely N-dealkylation sites (tertiary alicyclic amines) is 1. The third kappa shape index (κ3) is 3.91. The minimum atomic E-state index is -0.739. The van der Waals surface area contributed by atoms with Gasteiger partial charge >= 0.3 is 0 Å². The van der Waals surface area contributed by atoms with Gasteiger partial charge in [0.05, 0.1) is 0 Å². The van der Waals surface area contributed by atoms with Gasteiger partial charge in [-0.05, 0) is 37.0 Å². The molecule has 1 aliphatic heterocycles. The van der Waals surface area contributed by atoms with Crippen molar-refractivity contribution in [2.24, 2.45) is 0 Å². The number of hydrogen-bond acceptors (Lipinski definition) is 4. The Morgan fingerprint density at radius 2 is 1.96 bits per heavy atom. The monoisotopic (exact) mass is 415 g/mol. The number of rotatable bonds is 4. The molecule has 2 heterocycles. The summed E-state index contributed by atoms with van der Waals surface area (Å²) in [5.41, 5.74) is 1.55. The van der Waals surface area contributed by atoms with Gasteiger partial charge in [0.15, 0.2) is 0 Å². The molecular formula is C21H19Cl2N3O2. The van der Waals surface area contributed by atoms with E-state index in [4.69, 9.17) is 27.7 Å². The minimum Gasteiger partial charge on any atom is -0.337 e. The van der Waals surface area contributed by atoms with E-state index < -0.39 is 5.38 Å². The average Bonchev–Trinajstić information content (AvgIpc) is 3.23. The summed E-state index contributed by atoms with van der Waals surface area (Å²) in [5, 5.41) is 3.95. The van der Waals surface area contributed by atoms with Gasteiger partial charge in [-0.3, -0.25) is 4.79 Å². The Kier molecular flexibility index (Phi) is 5.64. The van der Waals surface area contributed by atoms with Crippen molar-refractivity contribution in [2.45, 2.75) is 30.7 Å². The second kappa shape index (κ2) is 8.33. The topological polar surface area (TPSA) is 59.2 Å². The number of carbonyl (C=O) groups is 1. The normalized spacial score (nSPS) is 18.1. The highest BCUT2D eigenvalue weighted by Crippen LogP contribution is 2.35. The van der Waals surface area contributed by atoms with Crippen LogP contribution in [0.4, 0.5) is 0 Å². The van der Waals surface area contributed by atoms with Crippen LogP contribution in [0.1, 0.15) is 42.1 Å². The van der Waals surface area contributed by atoms with Crippen molar-refractivity contribution in [3.8, 4) is 11.4 Å². The third-order valence-electron chi connectivity index (χ3n) is 4.90. The predicted octanol–water partition coefficient (Wildman–Crippen LogP) is 5.42. The van der Waals surface area contributed by atoms with Crippen LogP contribution in [0.15, 0.2) is 59.1 Å². The maximum atomic E-state index is 13.1. The zero-order chi connectivity index (χ0) is 19.5. The fraction of sp³-hybridized carbons (Fsp3) is 0.286. The first kappa shape index (κ1) is 19.0. The highest BCUT2D eigenvalue weighted by molar-refractivity contribution is 6.31. The third-order valence-corrected chi connectivity index (χ3v) is 5.58. The molecule has 1 aliphatic rings. The number of benzene rings is 2. The lowest BCUT2D eigenvalue weighted by Gasteiger charge is -2.34. The molecule has 4 rings (SSSR count). The fourth-order valence-electron chi connectivity index (χ4n) is 3.48. The van der Waals surface area contributed by atoms with E-state index in [2.05, 4.69) is 10.1 Å². The molecule has 0 bridgehead atoms. The number of nitrogens with zero attached hydrogens (tertiary/aromatic N) is 3. The predicted molar refractivity (Wildman–Crippen MR) is 108 cm³/mol. The molecular weight excluding hydrogens is 397 g/mol. The Hall–Kier alpha value is -2.37. The summed E-state index contributed by atoms with van der Waals surface area (Å²) in [6.07, 6.45) is 2.68. The summed E-state index contributed by atoms with van der Waals surface area (Å²) >= 11 is 12.5. The maximum absolute atomic E-state index is 13.1. The van der Waals surface area contributed by atoms with Crippen molar-refractivity contribution in [3.63, 3.8) is 0 Å². The lowest BCUT2D eigenvalue weighted by atomic mass is 10.0. The summed E-state index contributed by atoms with van der Waals surface area (Å²) in [4.78, 5) is 19.4. The van der Waals surface area contributed by atoms with Gasteiger partial charge in [0.1, 0.15) is 11.4 Å². The van der Waals surface area contributed by atoms with E-state index in [0.29, 0.717) is 23.3 Å². The number of piperidine rings is 1. The standard InChI is InChI=1S/C21H19Cl2N3O2/c22-16-10-6-9-15(13-16)19-24-20(28-25-19)17-11-4-5-12-26(17)21(27)18(23)14-7-2-1-3-8-14/h1-3,6-10,13,17-18H,4-5,11-12H2/t17-,18+/m0/s1. The van der Waals surface area contributed by atoms with Crippen LogP contribution >= 0.6 is 23.2 Å². The summed E-state index contributed by atoms with van der Waals surface area (Å²) < 4.78 is 5.52. The molecule has 2 atom stereocenters. The van der Waals surface area contributed by atoms with E-state index in [1.54, 1.807) is 17.0 Å². The fourth-order valence-corrected chi connectivity index (χ4v) is 3.94. The maximum Gasteiger partial charge on any atom is 0.249 e. The average molecular weight is 416 g/mol. The van der Waals surface area contributed by atoms with Crippen molar-refractivity contribution in [1.82, 2.24) is 15.0 Å². The number of aromatic nitrogens is 2. The molecule has 0 spiro atoms. The molecule has 0 radical (unpaired) electrons. The number of halogens is 2. The van der Waals surface area contributed by atoms with Gasteiger partial charge in [-0.25, -0.2) is 0 Å². The lowest BCUT2D eigenvalue weighted by Crippen LogP contribution is -2.40. The van der Waals surface area contributed by atoms with Gasteiger partial charge < -0.3 is 9.42 Å². The Morgan fingerprint density at radius 3 is 2.75 bits per heavy atom. The molecule has 144 valence electrons. The first-order valence-corrected chi connectivity index (χ1v) is 10.0. The smallest absolute Gasteiger partial charge is 0.249 e. The van der Waals surface area contributed by atoms with Crippen molar-refractivity contribution in [1.29, 1.82) is 0 Å². The van der Waals surface area contributed by atoms with Crippen LogP contribution in [0, 0.1) is 0 Å². The van der Waals surface area contributed by atoms with Crippen LogP contribution < -0.4 is 0 Å². The summed E-state index contributed by atoms with van der Waals surface area (Å²) in [6, 6.07) is 16.4. The number of alkyl halides is 1. The Morgan fingerprint density at radius 1 is 1.14 bits per heavy atom. The lowest BCUT2D eigenvalue weighted by molar-refractivity contribution is -0.135. The first-order chi connectivity index (χ1) is 13.6. The zero-order valence-corrected chi connectivity index (χ0v) is 16.6. The van der Waals surface area contributed by atoms with Crippen molar-refractivity contribution in [3.05, 3.63) is 71.1 Å². The Balaban J connectivity index is 1.58. The van der Waals surface area contributed by atoms with E-state index in [0.717, 1.165) is 30.4 Å². The van der Waals surface area contributed by atoms with E-state index in [1.165, 1.54) is 0 Å².